The van der Waals surface area contributed by atoms with Gasteiger partial charge in [-0.1, -0.05) is 19.3 Å². The minimum absolute atomic E-state index is 0.110. The molecule has 3 nitrogen and oxygen atoms in total. The third kappa shape index (κ3) is 2.82. The molecule has 2 heterocycles. The Morgan fingerprint density at radius 2 is 1.75 bits per heavy atom. The summed E-state index contributed by atoms with van der Waals surface area (Å²) in [6, 6.07) is 0. The van der Waals surface area contributed by atoms with Gasteiger partial charge < -0.3 is 4.90 Å². The molecule has 1 aliphatic rings. The zero-order chi connectivity index (χ0) is 11.4. The van der Waals surface area contributed by atoms with Gasteiger partial charge in [0.25, 0.3) is 0 Å². The smallest absolute Gasteiger partial charge is 0.224 e. The normalized spacial score (nSPS) is 18.0. The molecule has 1 aliphatic heterocycles. The molecule has 5 heteroatoms. The van der Waals surface area contributed by atoms with E-state index in [1.54, 1.807) is 0 Å². The van der Waals surface area contributed by atoms with E-state index < -0.39 is 0 Å². The first-order chi connectivity index (χ1) is 7.77. The Labute approximate surface area is 99.6 Å². The van der Waals surface area contributed by atoms with Crippen molar-refractivity contribution >= 4 is 17.4 Å². The van der Waals surface area contributed by atoms with Gasteiger partial charge in [0.05, 0.1) is 6.20 Å². The molecule has 0 saturated carbocycles. The van der Waals surface area contributed by atoms with Crippen molar-refractivity contribution in [2.75, 3.05) is 18.0 Å². The highest BCUT2D eigenvalue weighted by Gasteiger charge is 2.15. The molecule has 0 unspecified atom stereocenters. The molecule has 0 aliphatic carbocycles. The largest absolute Gasteiger partial charge is 0.354 e. The molecular formula is C11H15ClFN3. The first-order valence-electron chi connectivity index (χ1n) is 5.70. The van der Waals surface area contributed by atoms with Crippen LogP contribution < -0.4 is 4.90 Å². The van der Waals surface area contributed by atoms with Crippen LogP contribution in [-0.4, -0.2) is 23.1 Å². The molecule has 16 heavy (non-hydrogen) atoms. The van der Waals surface area contributed by atoms with Gasteiger partial charge in [-0.15, -0.1) is 0 Å². The molecule has 1 saturated heterocycles. The van der Waals surface area contributed by atoms with E-state index in [1.807, 2.05) is 4.90 Å². The van der Waals surface area contributed by atoms with E-state index in [1.165, 1.54) is 19.3 Å². The number of halogens is 2. The molecule has 1 aromatic heterocycles. The van der Waals surface area contributed by atoms with Crippen LogP contribution in [0.25, 0.3) is 0 Å². The maximum Gasteiger partial charge on any atom is 0.224 e. The minimum atomic E-state index is -0.384. The van der Waals surface area contributed by atoms with Gasteiger partial charge in [-0.3, -0.25) is 0 Å². The van der Waals surface area contributed by atoms with Crippen molar-refractivity contribution < 1.29 is 4.39 Å². The van der Waals surface area contributed by atoms with E-state index in [9.17, 15) is 4.39 Å². The Balaban J connectivity index is 2.16. The lowest BCUT2D eigenvalue weighted by atomic mass is 10.1. The maximum absolute atomic E-state index is 13.6. The molecule has 2 rings (SSSR count). The lowest BCUT2D eigenvalue weighted by Crippen LogP contribution is -2.28. The zero-order valence-electron chi connectivity index (χ0n) is 9.12. The van der Waals surface area contributed by atoms with E-state index in [-0.39, 0.29) is 11.1 Å². The van der Waals surface area contributed by atoms with E-state index in [4.69, 9.17) is 11.6 Å². The van der Waals surface area contributed by atoms with Gasteiger partial charge in [-0.25, -0.2) is 9.37 Å². The Morgan fingerprint density at radius 3 is 2.44 bits per heavy atom. The van der Waals surface area contributed by atoms with Crippen LogP contribution >= 0.6 is 11.6 Å². The molecule has 0 N–H and O–H groups in total. The van der Waals surface area contributed by atoms with Crippen molar-refractivity contribution in [2.45, 2.75) is 32.1 Å². The summed E-state index contributed by atoms with van der Waals surface area (Å²) >= 11 is 5.69. The van der Waals surface area contributed by atoms with Crippen LogP contribution in [0.2, 0.25) is 5.28 Å². The number of hydrogen-bond donors (Lipinski definition) is 0. The average Bonchev–Trinajstić information content (AvgIpc) is 2.22. The van der Waals surface area contributed by atoms with Crippen molar-refractivity contribution in [3.05, 3.63) is 17.3 Å². The van der Waals surface area contributed by atoms with Crippen LogP contribution in [0.3, 0.4) is 0 Å². The zero-order valence-corrected chi connectivity index (χ0v) is 9.88. The van der Waals surface area contributed by atoms with E-state index in [2.05, 4.69) is 9.97 Å². The summed E-state index contributed by atoms with van der Waals surface area (Å²) in [5, 5.41) is 0.110. The summed E-state index contributed by atoms with van der Waals surface area (Å²) in [5.41, 5.74) is 0. The van der Waals surface area contributed by atoms with E-state index in [0.29, 0.717) is 5.82 Å². The first-order valence-corrected chi connectivity index (χ1v) is 6.08. The van der Waals surface area contributed by atoms with Crippen LogP contribution in [-0.2, 0) is 0 Å². The summed E-state index contributed by atoms with van der Waals surface area (Å²) < 4.78 is 13.6. The Bertz CT molecular complexity index is 351. The van der Waals surface area contributed by atoms with Crippen molar-refractivity contribution in [2.24, 2.45) is 0 Å². The molecule has 0 bridgehead atoms. The minimum Gasteiger partial charge on any atom is -0.354 e. The lowest BCUT2D eigenvalue weighted by molar-refractivity contribution is 0.538. The highest BCUT2D eigenvalue weighted by Crippen LogP contribution is 2.20. The van der Waals surface area contributed by atoms with Gasteiger partial charge in [-0.2, -0.15) is 4.98 Å². The molecule has 0 radical (unpaired) electrons. The van der Waals surface area contributed by atoms with Gasteiger partial charge in [0.1, 0.15) is 0 Å². The molecule has 0 amide bonds. The second-order valence-electron chi connectivity index (χ2n) is 4.07. The number of nitrogens with zero attached hydrogens (tertiary/aromatic N) is 3. The molecule has 0 spiro atoms. The quantitative estimate of drug-likeness (QED) is 0.710. The Kier molecular flexibility index (Phi) is 3.93. The monoisotopic (exact) mass is 243 g/mol. The summed E-state index contributed by atoms with van der Waals surface area (Å²) in [4.78, 5) is 9.58. The molecule has 0 atom stereocenters. The molecule has 88 valence electrons. The summed E-state index contributed by atoms with van der Waals surface area (Å²) in [6.07, 6.45) is 7.00. The fraction of sp³-hybridized carbons (Fsp3) is 0.636. The second-order valence-corrected chi connectivity index (χ2v) is 4.40. The van der Waals surface area contributed by atoms with Crippen LogP contribution in [0.5, 0.6) is 0 Å². The summed E-state index contributed by atoms with van der Waals surface area (Å²) in [7, 11) is 0. The predicted molar refractivity (Wildman–Crippen MR) is 62.3 cm³/mol. The molecule has 1 fully saturated rings. The first kappa shape index (κ1) is 11.6. The number of anilines is 1. The van der Waals surface area contributed by atoms with Gasteiger partial charge in [0.2, 0.25) is 5.28 Å². The number of aromatic nitrogens is 2. The SMILES string of the molecule is Fc1cnc(Cl)nc1N1CCCCCCC1. The standard InChI is InChI=1S/C11H15ClFN3/c12-11-14-8-9(13)10(15-11)16-6-4-2-1-3-5-7-16/h8H,1-7H2. The molecular weight excluding hydrogens is 229 g/mol. The fourth-order valence-electron chi connectivity index (χ4n) is 2.02. The topological polar surface area (TPSA) is 29.0 Å². The van der Waals surface area contributed by atoms with Crippen LogP contribution in [0.4, 0.5) is 10.2 Å². The maximum atomic E-state index is 13.6. The second kappa shape index (κ2) is 5.43. The third-order valence-corrected chi connectivity index (χ3v) is 3.03. The highest BCUT2D eigenvalue weighted by atomic mass is 35.5. The lowest BCUT2D eigenvalue weighted by Gasteiger charge is -2.25. The molecule has 0 aromatic carbocycles. The van der Waals surface area contributed by atoms with Crippen molar-refractivity contribution in [3.63, 3.8) is 0 Å². The fourth-order valence-corrected chi connectivity index (χ4v) is 2.15. The van der Waals surface area contributed by atoms with Gasteiger partial charge >= 0.3 is 0 Å². The highest BCUT2D eigenvalue weighted by molar-refractivity contribution is 6.28. The van der Waals surface area contributed by atoms with Crippen LogP contribution in [0, 0.1) is 5.82 Å². The number of rotatable bonds is 1. The van der Waals surface area contributed by atoms with Crippen LogP contribution in [0.15, 0.2) is 6.20 Å². The van der Waals surface area contributed by atoms with Gasteiger partial charge in [0, 0.05) is 13.1 Å². The van der Waals surface area contributed by atoms with Gasteiger partial charge in [-0.05, 0) is 24.4 Å². The van der Waals surface area contributed by atoms with E-state index in [0.717, 1.165) is 32.1 Å². The van der Waals surface area contributed by atoms with Crippen molar-refractivity contribution in [1.82, 2.24) is 9.97 Å². The van der Waals surface area contributed by atoms with Crippen molar-refractivity contribution in [1.29, 1.82) is 0 Å². The Morgan fingerprint density at radius 1 is 1.12 bits per heavy atom. The summed E-state index contributed by atoms with van der Waals surface area (Å²) in [6.45, 7) is 1.70. The number of hydrogen-bond acceptors (Lipinski definition) is 3. The Hall–Kier alpha value is -0.900. The predicted octanol–water partition coefficient (Wildman–Crippen LogP) is 3.04. The van der Waals surface area contributed by atoms with E-state index >= 15 is 0 Å². The van der Waals surface area contributed by atoms with Crippen LogP contribution in [0.1, 0.15) is 32.1 Å². The van der Waals surface area contributed by atoms with Gasteiger partial charge in [0.15, 0.2) is 11.6 Å². The van der Waals surface area contributed by atoms with Crippen molar-refractivity contribution in [3.8, 4) is 0 Å². The third-order valence-electron chi connectivity index (χ3n) is 2.85. The molecule has 1 aromatic rings. The summed E-state index contributed by atoms with van der Waals surface area (Å²) in [5.74, 6) is -0.0353. The average molecular weight is 244 g/mol.